The second-order valence-corrected chi connectivity index (χ2v) is 5.36. The van der Waals surface area contributed by atoms with Gasteiger partial charge < -0.3 is 15.5 Å². The third-order valence-electron chi connectivity index (χ3n) is 2.84. The number of aromatic nitrogens is 2. The lowest BCUT2D eigenvalue weighted by molar-refractivity contribution is 0.411. The normalized spacial score (nSPS) is 12.7. The summed E-state index contributed by atoms with van der Waals surface area (Å²) in [5.41, 5.74) is 6.88. The number of rotatable bonds is 8. The van der Waals surface area contributed by atoms with E-state index in [9.17, 15) is 0 Å². The highest BCUT2D eigenvalue weighted by atomic mass is 15.3. The van der Waals surface area contributed by atoms with Crippen molar-refractivity contribution in [1.29, 1.82) is 0 Å². The standard InChI is InChI=1S/C14H27N5/c1-5-6-19(8-7-18(3)4)14-16-10-13(11-17-14)9-12(2)15/h10-12H,5-9,15H2,1-4H3. The van der Waals surface area contributed by atoms with Crippen LogP contribution in [-0.4, -0.2) is 54.6 Å². The van der Waals surface area contributed by atoms with Crippen LogP contribution in [0.3, 0.4) is 0 Å². The molecule has 0 saturated heterocycles. The van der Waals surface area contributed by atoms with E-state index in [0.29, 0.717) is 0 Å². The lowest BCUT2D eigenvalue weighted by Gasteiger charge is -2.23. The van der Waals surface area contributed by atoms with Crippen LogP contribution in [0.15, 0.2) is 12.4 Å². The van der Waals surface area contributed by atoms with Crippen molar-refractivity contribution >= 4 is 5.95 Å². The highest BCUT2D eigenvalue weighted by Gasteiger charge is 2.09. The molecule has 0 radical (unpaired) electrons. The summed E-state index contributed by atoms with van der Waals surface area (Å²) in [6.07, 6.45) is 5.71. The zero-order chi connectivity index (χ0) is 14.3. The highest BCUT2D eigenvalue weighted by Crippen LogP contribution is 2.09. The van der Waals surface area contributed by atoms with E-state index in [0.717, 1.165) is 44.0 Å². The third kappa shape index (κ3) is 5.98. The lowest BCUT2D eigenvalue weighted by atomic mass is 10.1. The van der Waals surface area contributed by atoms with Crippen LogP contribution in [0.1, 0.15) is 25.8 Å². The van der Waals surface area contributed by atoms with Gasteiger partial charge in [0.1, 0.15) is 0 Å². The zero-order valence-electron chi connectivity index (χ0n) is 12.6. The SMILES string of the molecule is CCCN(CCN(C)C)c1ncc(CC(C)N)cn1. The fourth-order valence-electron chi connectivity index (χ4n) is 1.89. The van der Waals surface area contributed by atoms with E-state index in [1.807, 2.05) is 19.3 Å². The van der Waals surface area contributed by atoms with E-state index < -0.39 is 0 Å². The molecule has 0 aliphatic rings. The van der Waals surface area contributed by atoms with Crippen molar-refractivity contribution in [2.24, 2.45) is 5.73 Å². The van der Waals surface area contributed by atoms with Crippen molar-refractivity contribution in [3.63, 3.8) is 0 Å². The molecule has 0 amide bonds. The Morgan fingerprint density at radius 2 is 1.79 bits per heavy atom. The molecule has 1 aromatic heterocycles. The van der Waals surface area contributed by atoms with Gasteiger partial charge in [0, 0.05) is 38.1 Å². The van der Waals surface area contributed by atoms with Gasteiger partial charge in [-0.15, -0.1) is 0 Å². The number of hydrogen-bond donors (Lipinski definition) is 1. The van der Waals surface area contributed by atoms with Crippen LogP contribution in [0, 0.1) is 0 Å². The Bertz CT molecular complexity index is 347. The summed E-state index contributed by atoms with van der Waals surface area (Å²) in [7, 11) is 4.16. The van der Waals surface area contributed by atoms with Gasteiger partial charge in [-0.1, -0.05) is 6.92 Å². The summed E-state index contributed by atoms with van der Waals surface area (Å²) in [6.45, 7) is 7.11. The minimum Gasteiger partial charge on any atom is -0.340 e. The molecule has 1 heterocycles. The molecule has 1 aromatic rings. The molecule has 1 rings (SSSR count). The molecular formula is C14H27N5. The van der Waals surface area contributed by atoms with E-state index in [1.54, 1.807) is 0 Å². The summed E-state index contributed by atoms with van der Waals surface area (Å²) in [4.78, 5) is 13.3. The van der Waals surface area contributed by atoms with Crippen molar-refractivity contribution in [3.8, 4) is 0 Å². The Balaban J connectivity index is 2.67. The maximum atomic E-state index is 5.78. The Morgan fingerprint density at radius 3 is 2.26 bits per heavy atom. The Labute approximate surface area is 116 Å². The van der Waals surface area contributed by atoms with Crippen LogP contribution in [0.4, 0.5) is 5.95 Å². The number of hydrogen-bond acceptors (Lipinski definition) is 5. The smallest absolute Gasteiger partial charge is 0.225 e. The number of likely N-dealkylation sites (N-methyl/N-ethyl adjacent to an activating group) is 1. The maximum Gasteiger partial charge on any atom is 0.225 e. The molecule has 0 fully saturated rings. The van der Waals surface area contributed by atoms with Gasteiger partial charge in [0.2, 0.25) is 5.95 Å². The monoisotopic (exact) mass is 265 g/mol. The van der Waals surface area contributed by atoms with Gasteiger partial charge in [0.25, 0.3) is 0 Å². The van der Waals surface area contributed by atoms with Crippen LogP contribution in [0.2, 0.25) is 0 Å². The zero-order valence-corrected chi connectivity index (χ0v) is 12.6. The summed E-state index contributed by atoms with van der Waals surface area (Å²) >= 11 is 0. The molecule has 108 valence electrons. The van der Waals surface area contributed by atoms with Gasteiger partial charge in [0.15, 0.2) is 0 Å². The molecule has 0 spiro atoms. The first-order valence-corrected chi connectivity index (χ1v) is 6.99. The summed E-state index contributed by atoms with van der Waals surface area (Å²) in [5.74, 6) is 0.817. The Kier molecular flexibility index (Phi) is 6.73. The Hall–Kier alpha value is -1.20. The van der Waals surface area contributed by atoms with E-state index in [-0.39, 0.29) is 6.04 Å². The van der Waals surface area contributed by atoms with Crippen molar-refractivity contribution in [3.05, 3.63) is 18.0 Å². The molecule has 5 heteroatoms. The average Bonchev–Trinajstić information content (AvgIpc) is 2.34. The van der Waals surface area contributed by atoms with Crippen molar-refractivity contribution < 1.29 is 0 Å². The van der Waals surface area contributed by atoms with Crippen molar-refractivity contribution in [2.45, 2.75) is 32.7 Å². The first kappa shape index (κ1) is 15.9. The van der Waals surface area contributed by atoms with Crippen molar-refractivity contribution in [1.82, 2.24) is 14.9 Å². The Morgan fingerprint density at radius 1 is 1.16 bits per heavy atom. The predicted molar refractivity (Wildman–Crippen MR) is 80.4 cm³/mol. The average molecular weight is 265 g/mol. The summed E-state index contributed by atoms with van der Waals surface area (Å²) in [6, 6.07) is 0.148. The fraction of sp³-hybridized carbons (Fsp3) is 0.714. The molecule has 0 saturated carbocycles. The largest absolute Gasteiger partial charge is 0.340 e. The minimum absolute atomic E-state index is 0.148. The van der Waals surface area contributed by atoms with E-state index in [4.69, 9.17) is 5.73 Å². The molecule has 0 aliphatic carbocycles. The number of anilines is 1. The first-order chi connectivity index (χ1) is 9.02. The van der Waals surface area contributed by atoms with E-state index in [1.165, 1.54) is 0 Å². The van der Waals surface area contributed by atoms with Gasteiger partial charge in [-0.3, -0.25) is 0 Å². The molecule has 0 aliphatic heterocycles. The molecular weight excluding hydrogens is 238 g/mol. The van der Waals surface area contributed by atoms with Gasteiger partial charge >= 0.3 is 0 Å². The molecule has 1 unspecified atom stereocenters. The lowest BCUT2D eigenvalue weighted by Crippen LogP contribution is -2.33. The van der Waals surface area contributed by atoms with Gasteiger partial charge in [-0.25, -0.2) is 9.97 Å². The number of nitrogens with two attached hydrogens (primary N) is 1. The fourth-order valence-corrected chi connectivity index (χ4v) is 1.89. The predicted octanol–water partition coefficient (Wildman–Crippen LogP) is 1.14. The molecule has 1 atom stereocenters. The summed E-state index contributed by atoms with van der Waals surface area (Å²) < 4.78 is 0. The third-order valence-corrected chi connectivity index (χ3v) is 2.84. The van der Waals surface area contributed by atoms with Crippen LogP contribution < -0.4 is 10.6 Å². The maximum absolute atomic E-state index is 5.78. The first-order valence-electron chi connectivity index (χ1n) is 6.99. The van der Waals surface area contributed by atoms with Gasteiger partial charge in [0.05, 0.1) is 0 Å². The quantitative estimate of drug-likeness (QED) is 0.764. The summed E-state index contributed by atoms with van der Waals surface area (Å²) in [5, 5.41) is 0. The van der Waals surface area contributed by atoms with Crippen LogP contribution in [0.25, 0.3) is 0 Å². The molecule has 5 nitrogen and oxygen atoms in total. The van der Waals surface area contributed by atoms with Gasteiger partial charge in [-0.2, -0.15) is 0 Å². The van der Waals surface area contributed by atoms with Crippen LogP contribution in [-0.2, 0) is 6.42 Å². The minimum atomic E-state index is 0.148. The van der Waals surface area contributed by atoms with Crippen LogP contribution >= 0.6 is 0 Å². The van der Waals surface area contributed by atoms with Gasteiger partial charge in [-0.05, 0) is 39.4 Å². The van der Waals surface area contributed by atoms with E-state index >= 15 is 0 Å². The molecule has 0 aromatic carbocycles. The molecule has 0 bridgehead atoms. The topological polar surface area (TPSA) is 58.3 Å². The van der Waals surface area contributed by atoms with Crippen LogP contribution in [0.5, 0.6) is 0 Å². The van der Waals surface area contributed by atoms with E-state index in [2.05, 4.69) is 40.8 Å². The highest BCUT2D eigenvalue weighted by molar-refractivity contribution is 5.29. The second kappa shape index (κ2) is 8.07. The molecule has 19 heavy (non-hydrogen) atoms. The molecule has 2 N–H and O–H groups in total. The van der Waals surface area contributed by atoms with Crippen molar-refractivity contribution in [2.75, 3.05) is 38.6 Å². The second-order valence-electron chi connectivity index (χ2n) is 5.36. The number of nitrogens with zero attached hydrogens (tertiary/aromatic N) is 4.